The molecule has 2 rings (SSSR count). The third-order valence-corrected chi connectivity index (χ3v) is 4.41. The fourth-order valence-electron chi connectivity index (χ4n) is 2.97. The summed E-state index contributed by atoms with van der Waals surface area (Å²) in [6, 6.07) is 8.45. The number of hydrogen-bond acceptors (Lipinski definition) is 2. The largest absolute Gasteiger partial charge is 0.357 e. The number of nitrogens with zero attached hydrogens (tertiary/aromatic N) is 2. The SMILES string of the molecule is CCNC(=NCc1ccccc1C)NCCCCN1CCCC1. The number of nitrogens with one attached hydrogen (secondary N) is 2. The Morgan fingerprint density at radius 1 is 1.13 bits per heavy atom. The second-order valence-electron chi connectivity index (χ2n) is 6.30. The van der Waals surface area contributed by atoms with Crippen LogP contribution in [0.4, 0.5) is 0 Å². The third kappa shape index (κ3) is 6.61. The predicted molar refractivity (Wildman–Crippen MR) is 98.9 cm³/mol. The lowest BCUT2D eigenvalue weighted by Crippen LogP contribution is -2.38. The molecule has 4 heteroatoms. The van der Waals surface area contributed by atoms with Crippen LogP contribution in [0.3, 0.4) is 0 Å². The highest BCUT2D eigenvalue weighted by Crippen LogP contribution is 2.09. The van der Waals surface area contributed by atoms with Crippen molar-refractivity contribution in [2.24, 2.45) is 4.99 Å². The van der Waals surface area contributed by atoms with Gasteiger partial charge in [0.15, 0.2) is 5.96 Å². The van der Waals surface area contributed by atoms with Crippen molar-refractivity contribution < 1.29 is 0 Å². The van der Waals surface area contributed by atoms with Crippen LogP contribution >= 0.6 is 0 Å². The fourth-order valence-corrected chi connectivity index (χ4v) is 2.97. The number of benzene rings is 1. The molecule has 1 aromatic rings. The molecule has 0 atom stereocenters. The van der Waals surface area contributed by atoms with E-state index in [4.69, 9.17) is 4.99 Å². The van der Waals surface area contributed by atoms with Gasteiger partial charge in [-0.3, -0.25) is 0 Å². The van der Waals surface area contributed by atoms with Gasteiger partial charge in [-0.2, -0.15) is 0 Å². The molecular formula is C19H32N4. The average Bonchev–Trinajstić information content (AvgIpc) is 3.07. The van der Waals surface area contributed by atoms with Crippen LogP contribution in [0.25, 0.3) is 0 Å². The van der Waals surface area contributed by atoms with Gasteiger partial charge in [0.05, 0.1) is 6.54 Å². The Morgan fingerprint density at radius 3 is 2.65 bits per heavy atom. The number of likely N-dealkylation sites (tertiary alicyclic amines) is 1. The van der Waals surface area contributed by atoms with Crippen LogP contribution in [-0.4, -0.2) is 43.6 Å². The van der Waals surface area contributed by atoms with Crippen molar-refractivity contribution in [1.82, 2.24) is 15.5 Å². The first-order chi connectivity index (χ1) is 11.3. The van der Waals surface area contributed by atoms with Crippen molar-refractivity contribution >= 4 is 5.96 Å². The summed E-state index contributed by atoms with van der Waals surface area (Å²) in [6.07, 6.45) is 5.23. The molecule has 4 nitrogen and oxygen atoms in total. The van der Waals surface area contributed by atoms with Crippen molar-refractivity contribution in [3.05, 3.63) is 35.4 Å². The zero-order valence-corrected chi connectivity index (χ0v) is 14.8. The Hall–Kier alpha value is -1.55. The van der Waals surface area contributed by atoms with Gasteiger partial charge < -0.3 is 15.5 Å². The lowest BCUT2D eigenvalue weighted by atomic mass is 10.1. The van der Waals surface area contributed by atoms with Crippen molar-refractivity contribution in [2.75, 3.05) is 32.7 Å². The molecule has 0 aromatic heterocycles. The van der Waals surface area contributed by atoms with Crippen molar-refractivity contribution in [1.29, 1.82) is 0 Å². The number of unbranched alkanes of at least 4 members (excludes halogenated alkanes) is 1. The van der Waals surface area contributed by atoms with Gasteiger partial charge >= 0.3 is 0 Å². The van der Waals surface area contributed by atoms with Crippen molar-refractivity contribution in [2.45, 2.75) is 46.1 Å². The summed E-state index contributed by atoms with van der Waals surface area (Å²) in [4.78, 5) is 7.28. The Balaban J connectivity index is 1.70. The average molecular weight is 316 g/mol. The highest BCUT2D eigenvalue weighted by molar-refractivity contribution is 5.79. The van der Waals surface area contributed by atoms with Crippen LogP contribution in [0.5, 0.6) is 0 Å². The zero-order chi connectivity index (χ0) is 16.3. The van der Waals surface area contributed by atoms with Gasteiger partial charge in [-0.05, 0) is 70.3 Å². The summed E-state index contributed by atoms with van der Waals surface area (Å²) in [5.41, 5.74) is 2.59. The smallest absolute Gasteiger partial charge is 0.191 e. The van der Waals surface area contributed by atoms with Crippen LogP contribution in [0.1, 0.15) is 43.7 Å². The van der Waals surface area contributed by atoms with Gasteiger partial charge in [0.25, 0.3) is 0 Å². The predicted octanol–water partition coefficient (Wildman–Crippen LogP) is 2.93. The molecule has 0 unspecified atom stereocenters. The molecule has 128 valence electrons. The van der Waals surface area contributed by atoms with Crippen molar-refractivity contribution in [3.63, 3.8) is 0 Å². The maximum atomic E-state index is 4.70. The molecular weight excluding hydrogens is 284 g/mol. The van der Waals surface area contributed by atoms with E-state index in [-0.39, 0.29) is 0 Å². The molecule has 1 aliphatic heterocycles. The van der Waals surface area contributed by atoms with Gasteiger partial charge in [0, 0.05) is 13.1 Å². The van der Waals surface area contributed by atoms with E-state index in [1.165, 1.54) is 56.4 Å². The summed E-state index contributed by atoms with van der Waals surface area (Å²) < 4.78 is 0. The number of aryl methyl sites for hydroxylation is 1. The van der Waals surface area contributed by atoms with E-state index >= 15 is 0 Å². The van der Waals surface area contributed by atoms with E-state index in [1.54, 1.807) is 0 Å². The van der Waals surface area contributed by atoms with Crippen LogP contribution in [0, 0.1) is 6.92 Å². The molecule has 1 fully saturated rings. The van der Waals surface area contributed by atoms with Crippen LogP contribution in [0.2, 0.25) is 0 Å². The normalized spacial score (nSPS) is 15.8. The Kier molecular flexibility index (Phi) is 7.95. The van der Waals surface area contributed by atoms with Gasteiger partial charge in [0.2, 0.25) is 0 Å². The quantitative estimate of drug-likeness (QED) is 0.440. The fraction of sp³-hybridized carbons (Fsp3) is 0.632. The summed E-state index contributed by atoms with van der Waals surface area (Å²) in [6.45, 7) is 10.7. The lowest BCUT2D eigenvalue weighted by Gasteiger charge is -2.15. The topological polar surface area (TPSA) is 39.7 Å². The van der Waals surface area contributed by atoms with Crippen LogP contribution in [-0.2, 0) is 6.54 Å². The maximum absolute atomic E-state index is 4.70. The molecule has 0 spiro atoms. The zero-order valence-electron chi connectivity index (χ0n) is 14.8. The molecule has 0 aliphatic carbocycles. The summed E-state index contributed by atoms with van der Waals surface area (Å²) in [5, 5.41) is 6.79. The first kappa shape index (κ1) is 17.8. The standard InChI is InChI=1S/C19H32N4/c1-3-20-19(22-16-18-11-5-4-10-17(18)2)21-12-6-7-13-23-14-8-9-15-23/h4-5,10-11H,3,6-9,12-16H2,1-2H3,(H2,20,21,22). The van der Waals surface area contributed by atoms with Crippen LogP contribution in [0.15, 0.2) is 29.3 Å². The molecule has 1 saturated heterocycles. The van der Waals surface area contributed by atoms with Gasteiger partial charge in [0.1, 0.15) is 0 Å². The second kappa shape index (κ2) is 10.3. The molecule has 23 heavy (non-hydrogen) atoms. The van der Waals surface area contributed by atoms with E-state index in [9.17, 15) is 0 Å². The number of hydrogen-bond donors (Lipinski definition) is 2. The highest BCUT2D eigenvalue weighted by atomic mass is 15.2. The molecule has 1 aliphatic rings. The molecule has 1 heterocycles. The van der Waals surface area contributed by atoms with Crippen molar-refractivity contribution in [3.8, 4) is 0 Å². The maximum Gasteiger partial charge on any atom is 0.191 e. The van der Waals surface area contributed by atoms with E-state index in [1.807, 2.05) is 0 Å². The Morgan fingerprint density at radius 2 is 1.91 bits per heavy atom. The third-order valence-electron chi connectivity index (χ3n) is 4.41. The monoisotopic (exact) mass is 316 g/mol. The summed E-state index contributed by atoms with van der Waals surface area (Å²) >= 11 is 0. The first-order valence-electron chi connectivity index (χ1n) is 9.08. The van der Waals surface area contributed by atoms with E-state index in [0.29, 0.717) is 0 Å². The van der Waals surface area contributed by atoms with Gasteiger partial charge in [-0.25, -0.2) is 4.99 Å². The number of guanidine groups is 1. The van der Waals surface area contributed by atoms with E-state index < -0.39 is 0 Å². The Labute approximate surface area is 141 Å². The van der Waals surface area contributed by atoms with E-state index in [0.717, 1.165) is 25.6 Å². The number of rotatable bonds is 8. The van der Waals surface area contributed by atoms with Crippen LogP contribution < -0.4 is 10.6 Å². The summed E-state index contributed by atoms with van der Waals surface area (Å²) in [5.74, 6) is 0.928. The van der Waals surface area contributed by atoms with Gasteiger partial charge in [-0.15, -0.1) is 0 Å². The number of aliphatic imine (C=N–C) groups is 1. The molecule has 0 bridgehead atoms. The lowest BCUT2D eigenvalue weighted by molar-refractivity contribution is 0.330. The Bertz CT molecular complexity index is 478. The molecule has 0 saturated carbocycles. The molecule has 0 radical (unpaired) electrons. The minimum Gasteiger partial charge on any atom is -0.357 e. The minimum atomic E-state index is 0.732. The van der Waals surface area contributed by atoms with Gasteiger partial charge in [-0.1, -0.05) is 24.3 Å². The first-order valence-corrected chi connectivity index (χ1v) is 9.08. The minimum absolute atomic E-state index is 0.732. The highest BCUT2D eigenvalue weighted by Gasteiger charge is 2.10. The second-order valence-corrected chi connectivity index (χ2v) is 6.30. The molecule has 1 aromatic carbocycles. The summed E-state index contributed by atoms with van der Waals surface area (Å²) in [7, 11) is 0. The van der Waals surface area contributed by atoms with E-state index in [2.05, 4.69) is 53.6 Å². The molecule has 2 N–H and O–H groups in total. The molecule has 0 amide bonds.